The molecule has 0 atom stereocenters. The molecular formula is C36H18O2. The van der Waals surface area contributed by atoms with E-state index in [0.29, 0.717) is 11.5 Å². The zero-order valence-corrected chi connectivity index (χ0v) is 20.1. The fraction of sp³-hybridized carbons (Fsp3) is 0. The molecule has 0 aromatic heterocycles. The van der Waals surface area contributed by atoms with Crippen LogP contribution < -0.4 is 0 Å². The van der Waals surface area contributed by atoms with Gasteiger partial charge in [0.15, 0.2) is 0 Å². The fourth-order valence-electron chi connectivity index (χ4n) is 7.62. The molecule has 10 aromatic rings. The average molecular weight is 483 g/mol. The monoisotopic (exact) mass is 482 g/mol. The van der Waals surface area contributed by atoms with Crippen LogP contribution in [0, 0.1) is 0 Å². The van der Waals surface area contributed by atoms with Crippen molar-refractivity contribution in [2.75, 3.05) is 0 Å². The predicted octanol–water partition coefficient (Wildman–Crippen LogP) is 9.79. The number of hydrogen-bond acceptors (Lipinski definition) is 2. The Kier molecular flexibility index (Phi) is 3.05. The molecule has 2 nitrogen and oxygen atoms in total. The topological polar surface area (TPSA) is 40.5 Å². The Morgan fingerprint density at radius 3 is 1.03 bits per heavy atom. The first kappa shape index (κ1) is 19.1. The summed E-state index contributed by atoms with van der Waals surface area (Å²) in [6.07, 6.45) is 0. The molecule has 174 valence electrons. The van der Waals surface area contributed by atoms with Crippen LogP contribution in [-0.2, 0) is 0 Å². The van der Waals surface area contributed by atoms with Crippen LogP contribution in [0.2, 0.25) is 0 Å². The minimum absolute atomic E-state index is 0.345. The standard InChI is InChI=1S/C36H18O2/c37-35-21-7-3-1-5-19(21)29-23-13-9-18-12-16-26-34-28(18)31(23)32-24(14-10-17-11-15-25(35)33(29)27(17)32)30(34)20-6-2-4-8-22(20)36(26)38/h1-16,37-38H. The average Bonchev–Trinajstić information content (AvgIpc) is 2.97. The molecule has 0 fully saturated rings. The second-order valence-corrected chi connectivity index (χ2v) is 10.7. The second-order valence-electron chi connectivity index (χ2n) is 10.7. The van der Waals surface area contributed by atoms with E-state index in [9.17, 15) is 10.2 Å². The highest BCUT2D eigenvalue weighted by Crippen LogP contribution is 2.55. The Hall–Kier alpha value is -5.08. The van der Waals surface area contributed by atoms with Gasteiger partial charge in [0, 0.05) is 32.3 Å². The molecule has 10 aromatic carbocycles. The summed E-state index contributed by atoms with van der Waals surface area (Å²) >= 11 is 0. The molecule has 2 heteroatoms. The molecule has 0 amide bonds. The zero-order valence-electron chi connectivity index (χ0n) is 20.1. The normalized spacial score (nSPS) is 12.9. The number of phenolic OH excluding ortho intramolecular Hbond substituents is 2. The predicted molar refractivity (Wildman–Crippen MR) is 161 cm³/mol. The van der Waals surface area contributed by atoms with Crippen molar-refractivity contribution in [2.24, 2.45) is 0 Å². The van der Waals surface area contributed by atoms with Crippen molar-refractivity contribution >= 4 is 97.0 Å². The maximum atomic E-state index is 11.5. The lowest BCUT2D eigenvalue weighted by atomic mass is 9.79. The number of hydrogen-bond donors (Lipinski definition) is 2. The maximum Gasteiger partial charge on any atom is 0.131 e. The molecule has 0 unspecified atom stereocenters. The molecule has 0 saturated heterocycles. The van der Waals surface area contributed by atoms with Crippen molar-refractivity contribution < 1.29 is 10.2 Å². The fourth-order valence-corrected chi connectivity index (χ4v) is 7.62. The number of fused-ring (bicyclic) bond motifs is 6. The number of aromatic hydroxyl groups is 2. The summed E-state index contributed by atoms with van der Waals surface area (Å²) in [7, 11) is 0. The smallest absolute Gasteiger partial charge is 0.131 e. The Morgan fingerprint density at radius 2 is 0.605 bits per heavy atom. The van der Waals surface area contributed by atoms with Crippen LogP contribution in [0.25, 0.3) is 97.0 Å². The summed E-state index contributed by atoms with van der Waals surface area (Å²) in [5.41, 5.74) is 0. The lowest BCUT2D eigenvalue weighted by Crippen LogP contribution is -1.95. The van der Waals surface area contributed by atoms with Crippen molar-refractivity contribution in [1.29, 1.82) is 0 Å². The second kappa shape index (κ2) is 6.07. The third-order valence-corrected chi connectivity index (χ3v) is 9.07. The third-order valence-electron chi connectivity index (χ3n) is 9.07. The van der Waals surface area contributed by atoms with Gasteiger partial charge < -0.3 is 10.2 Å². The third kappa shape index (κ3) is 1.89. The van der Waals surface area contributed by atoms with Gasteiger partial charge in [-0.3, -0.25) is 0 Å². The highest BCUT2D eigenvalue weighted by Gasteiger charge is 2.26. The van der Waals surface area contributed by atoms with Gasteiger partial charge in [-0.15, -0.1) is 0 Å². The SMILES string of the molecule is Oc1c2ccccc2c2c3ccc4ccc5c(O)c6ccccc6c6c7ccc8ccc1c2c8c7c3c4c56. The molecule has 0 saturated carbocycles. The zero-order chi connectivity index (χ0) is 24.9. The first-order chi connectivity index (χ1) is 18.7. The summed E-state index contributed by atoms with van der Waals surface area (Å²) < 4.78 is 0. The molecule has 0 bridgehead atoms. The summed E-state index contributed by atoms with van der Waals surface area (Å²) in [5, 5.41) is 42.9. The van der Waals surface area contributed by atoms with Crippen LogP contribution in [0.15, 0.2) is 97.1 Å². The van der Waals surface area contributed by atoms with E-state index in [2.05, 4.69) is 72.8 Å². The number of phenols is 2. The molecule has 0 aliphatic rings. The summed E-state index contributed by atoms with van der Waals surface area (Å²) in [5.74, 6) is 0.689. The Morgan fingerprint density at radius 1 is 0.263 bits per heavy atom. The number of benzene rings is 10. The Balaban J connectivity index is 1.71. The van der Waals surface area contributed by atoms with Crippen LogP contribution >= 0.6 is 0 Å². The van der Waals surface area contributed by atoms with Crippen molar-refractivity contribution in [3.63, 3.8) is 0 Å². The van der Waals surface area contributed by atoms with Gasteiger partial charge in [-0.1, -0.05) is 84.9 Å². The quantitative estimate of drug-likeness (QED) is 0.167. The van der Waals surface area contributed by atoms with E-state index in [-0.39, 0.29) is 0 Å². The molecule has 0 heterocycles. The van der Waals surface area contributed by atoms with Crippen LogP contribution in [0.1, 0.15) is 0 Å². The summed E-state index contributed by atoms with van der Waals surface area (Å²) in [6, 6.07) is 33.8. The van der Waals surface area contributed by atoms with Crippen molar-refractivity contribution in [2.45, 2.75) is 0 Å². The Bertz CT molecular complexity index is 2440. The van der Waals surface area contributed by atoms with E-state index in [0.717, 1.165) is 43.1 Å². The first-order valence-electron chi connectivity index (χ1n) is 13.0. The molecule has 2 N–H and O–H groups in total. The highest BCUT2D eigenvalue weighted by atomic mass is 16.3. The molecule has 0 radical (unpaired) electrons. The van der Waals surface area contributed by atoms with Gasteiger partial charge in [0.1, 0.15) is 11.5 Å². The minimum Gasteiger partial charge on any atom is -0.507 e. The van der Waals surface area contributed by atoms with Crippen LogP contribution in [0.4, 0.5) is 0 Å². The molecular weight excluding hydrogens is 464 g/mol. The molecule has 0 aliphatic heterocycles. The van der Waals surface area contributed by atoms with E-state index in [1.165, 1.54) is 53.9 Å². The van der Waals surface area contributed by atoms with Gasteiger partial charge in [-0.2, -0.15) is 0 Å². The van der Waals surface area contributed by atoms with Gasteiger partial charge in [-0.05, 0) is 76.8 Å². The first-order valence-corrected chi connectivity index (χ1v) is 13.0. The molecule has 10 rings (SSSR count). The van der Waals surface area contributed by atoms with Gasteiger partial charge >= 0.3 is 0 Å². The van der Waals surface area contributed by atoms with Crippen LogP contribution in [0.5, 0.6) is 11.5 Å². The summed E-state index contributed by atoms with van der Waals surface area (Å²) in [4.78, 5) is 0. The Labute approximate surface area is 215 Å². The minimum atomic E-state index is 0.345. The lowest BCUT2D eigenvalue weighted by Gasteiger charge is -2.24. The highest BCUT2D eigenvalue weighted by molar-refractivity contribution is 6.51. The maximum absolute atomic E-state index is 11.5. The number of rotatable bonds is 0. The van der Waals surface area contributed by atoms with Crippen molar-refractivity contribution in [3.8, 4) is 11.5 Å². The molecule has 38 heavy (non-hydrogen) atoms. The van der Waals surface area contributed by atoms with Gasteiger partial charge in [0.25, 0.3) is 0 Å². The van der Waals surface area contributed by atoms with Crippen molar-refractivity contribution in [1.82, 2.24) is 0 Å². The van der Waals surface area contributed by atoms with E-state index in [1.807, 2.05) is 24.3 Å². The largest absolute Gasteiger partial charge is 0.507 e. The van der Waals surface area contributed by atoms with E-state index in [1.54, 1.807) is 0 Å². The van der Waals surface area contributed by atoms with Gasteiger partial charge in [0.2, 0.25) is 0 Å². The van der Waals surface area contributed by atoms with E-state index < -0.39 is 0 Å². The molecule has 0 spiro atoms. The van der Waals surface area contributed by atoms with Crippen LogP contribution in [0.3, 0.4) is 0 Å². The van der Waals surface area contributed by atoms with Gasteiger partial charge in [-0.25, -0.2) is 0 Å². The van der Waals surface area contributed by atoms with Gasteiger partial charge in [0.05, 0.1) is 0 Å². The van der Waals surface area contributed by atoms with E-state index >= 15 is 0 Å². The lowest BCUT2D eigenvalue weighted by molar-refractivity contribution is 0.487. The summed E-state index contributed by atoms with van der Waals surface area (Å²) in [6.45, 7) is 0. The van der Waals surface area contributed by atoms with Crippen LogP contribution in [-0.4, -0.2) is 10.2 Å². The van der Waals surface area contributed by atoms with Crippen molar-refractivity contribution in [3.05, 3.63) is 97.1 Å². The molecule has 0 aliphatic carbocycles. The van der Waals surface area contributed by atoms with E-state index in [4.69, 9.17) is 0 Å².